The van der Waals surface area contributed by atoms with Crippen molar-refractivity contribution in [1.29, 1.82) is 0 Å². The van der Waals surface area contributed by atoms with Crippen LogP contribution in [-0.2, 0) is 21.1 Å². The second kappa shape index (κ2) is 8.17. The number of rotatable bonds is 1. The van der Waals surface area contributed by atoms with Crippen molar-refractivity contribution in [3.63, 3.8) is 0 Å². The number of hydrogen-bond acceptors (Lipinski definition) is 2. The SMILES string of the molecule is FC1=C(c2ccccc2)c2cc3ccc(cc4ccc(cc5nc(cc1n2)C=C5)[nH]4)[nH]3.[Pt]. The average molecular weight is 600 g/mol. The fraction of sp³-hybridized carbons (Fsp3) is 0. The molecule has 2 N–H and O–H groups in total. The van der Waals surface area contributed by atoms with Crippen LogP contribution in [0, 0.1) is 0 Å². The Morgan fingerprint density at radius 1 is 0.594 bits per heavy atom. The van der Waals surface area contributed by atoms with Gasteiger partial charge in [-0.25, -0.2) is 14.4 Å². The summed E-state index contributed by atoms with van der Waals surface area (Å²) in [7, 11) is 0. The van der Waals surface area contributed by atoms with Crippen LogP contribution < -0.4 is 0 Å². The number of H-pyrrole nitrogens is 2. The molecule has 0 amide bonds. The first-order valence-electron chi connectivity index (χ1n) is 10.0. The minimum Gasteiger partial charge on any atom is -0.355 e. The van der Waals surface area contributed by atoms with Crippen molar-refractivity contribution in [1.82, 2.24) is 19.9 Å². The maximum atomic E-state index is 15.5. The summed E-state index contributed by atoms with van der Waals surface area (Å²) >= 11 is 0. The number of hydrogen-bond donors (Lipinski definition) is 2. The van der Waals surface area contributed by atoms with Crippen LogP contribution in [0.4, 0.5) is 4.39 Å². The molecule has 0 aliphatic carbocycles. The Bertz CT molecular complexity index is 1540. The predicted octanol–water partition coefficient (Wildman–Crippen LogP) is 6.37. The second-order valence-electron chi connectivity index (χ2n) is 7.55. The van der Waals surface area contributed by atoms with Gasteiger partial charge in [-0.3, -0.25) is 0 Å². The molecule has 8 bridgehead atoms. The van der Waals surface area contributed by atoms with E-state index >= 15 is 4.39 Å². The zero-order chi connectivity index (χ0) is 20.8. The minimum atomic E-state index is -0.345. The standard InChI is InChI=1S/C26H17FN4.Pt/c27-26-24-15-22-11-9-20(30-22)13-18-7-6-17(28-18)12-19-8-10-21(29-19)14-23(31-24)25(26)16-4-2-1-3-5-16;/h1-15,28-29H;. The van der Waals surface area contributed by atoms with E-state index in [1.165, 1.54) is 0 Å². The Morgan fingerprint density at radius 2 is 1.19 bits per heavy atom. The number of aromatic nitrogens is 4. The van der Waals surface area contributed by atoms with Crippen molar-refractivity contribution in [3.05, 3.63) is 107 Å². The van der Waals surface area contributed by atoms with Crippen molar-refractivity contribution < 1.29 is 25.5 Å². The van der Waals surface area contributed by atoms with Gasteiger partial charge in [0, 0.05) is 48.7 Å². The van der Waals surface area contributed by atoms with Crippen LogP contribution in [0.2, 0.25) is 0 Å². The van der Waals surface area contributed by atoms with Gasteiger partial charge < -0.3 is 9.97 Å². The molecule has 0 spiro atoms. The molecule has 0 saturated heterocycles. The number of fused-ring (bicyclic) bond motifs is 8. The molecule has 4 nitrogen and oxygen atoms in total. The fourth-order valence-corrected chi connectivity index (χ4v) is 3.92. The Kier molecular flexibility index (Phi) is 5.20. The summed E-state index contributed by atoms with van der Waals surface area (Å²) in [6.45, 7) is 0. The molecule has 1 aromatic carbocycles. The summed E-state index contributed by atoms with van der Waals surface area (Å²) in [5.41, 5.74) is 7.34. The molecule has 0 unspecified atom stereocenters. The van der Waals surface area contributed by atoms with Crippen molar-refractivity contribution in [2.45, 2.75) is 0 Å². The van der Waals surface area contributed by atoms with Gasteiger partial charge in [-0.05, 0) is 66.2 Å². The summed E-state index contributed by atoms with van der Waals surface area (Å²) in [4.78, 5) is 16.0. The summed E-state index contributed by atoms with van der Waals surface area (Å²) in [6.07, 6.45) is 3.79. The number of halogens is 1. The Labute approximate surface area is 197 Å². The van der Waals surface area contributed by atoms with Crippen molar-refractivity contribution in [3.8, 4) is 0 Å². The zero-order valence-corrected chi connectivity index (χ0v) is 19.0. The summed E-state index contributed by atoms with van der Waals surface area (Å²) in [6, 6.07) is 25.1. The number of nitrogens with one attached hydrogen (secondary N) is 2. The van der Waals surface area contributed by atoms with Crippen molar-refractivity contribution in [2.75, 3.05) is 0 Å². The number of nitrogens with zero attached hydrogens (tertiary/aromatic N) is 2. The van der Waals surface area contributed by atoms with E-state index in [1.54, 1.807) is 6.07 Å². The Hall–Kier alpha value is -3.56. The molecule has 2 aliphatic heterocycles. The van der Waals surface area contributed by atoms with E-state index in [4.69, 9.17) is 0 Å². The molecule has 0 radical (unpaired) electrons. The van der Waals surface area contributed by atoms with Gasteiger partial charge in [-0.15, -0.1) is 0 Å². The molecule has 32 heavy (non-hydrogen) atoms. The normalized spacial score (nSPS) is 12.7. The van der Waals surface area contributed by atoms with E-state index in [-0.39, 0.29) is 32.6 Å². The van der Waals surface area contributed by atoms with Gasteiger partial charge in [0.1, 0.15) is 5.69 Å². The van der Waals surface area contributed by atoms with E-state index in [2.05, 4.69) is 19.9 Å². The van der Waals surface area contributed by atoms with Crippen LogP contribution in [0.25, 0.3) is 45.6 Å². The Balaban J connectivity index is 0.00000216. The molecule has 2 aliphatic rings. The first kappa shape index (κ1) is 20.3. The van der Waals surface area contributed by atoms with E-state index in [9.17, 15) is 0 Å². The second-order valence-corrected chi connectivity index (χ2v) is 7.55. The molecule has 158 valence electrons. The van der Waals surface area contributed by atoms with Gasteiger partial charge >= 0.3 is 0 Å². The first-order chi connectivity index (χ1) is 15.2. The molecule has 0 saturated carbocycles. The molecular weight excluding hydrogens is 582 g/mol. The molecular formula is C26H17FN4Pt. The smallest absolute Gasteiger partial charge is 0.158 e. The maximum absolute atomic E-state index is 15.5. The molecule has 4 aromatic rings. The van der Waals surface area contributed by atoms with E-state index in [0.717, 1.165) is 33.3 Å². The van der Waals surface area contributed by atoms with Gasteiger partial charge in [0.25, 0.3) is 0 Å². The molecule has 0 fully saturated rings. The van der Waals surface area contributed by atoms with Gasteiger partial charge in [-0.1, -0.05) is 30.3 Å². The van der Waals surface area contributed by atoms with Crippen LogP contribution in [0.5, 0.6) is 0 Å². The molecule has 5 heterocycles. The van der Waals surface area contributed by atoms with E-state index in [1.807, 2.05) is 84.9 Å². The van der Waals surface area contributed by atoms with E-state index < -0.39 is 0 Å². The van der Waals surface area contributed by atoms with Crippen LogP contribution in [0.3, 0.4) is 0 Å². The van der Waals surface area contributed by atoms with Crippen LogP contribution in [0.15, 0.2) is 78.9 Å². The average Bonchev–Trinajstić information content (AvgIpc) is 3.55. The quantitative estimate of drug-likeness (QED) is 0.235. The van der Waals surface area contributed by atoms with Crippen LogP contribution in [-0.4, -0.2) is 19.9 Å². The zero-order valence-electron chi connectivity index (χ0n) is 16.7. The number of benzene rings is 1. The third-order valence-corrected chi connectivity index (χ3v) is 5.34. The van der Waals surface area contributed by atoms with Gasteiger partial charge in [-0.2, -0.15) is 0 Å². The van der Waals surface area contributed by atoms with Gasteiger partial charge in [0.2, 0.25) is 0 Å². The van der Waals surface area contributed by atoms with Gasteiger partial charge in [0.15, 0.2) is 5.83 Å². The largest absolute Gasteiger partial charge is 0.355 e. The minimum absolute atomic E-state index is 0. The summed E-state index contributed by atoms with van der Waals surface area (Å²) < 4.78 is 15.5. The van der Waals surface area contributed by atoms with E-state index in [0.29, 0.717) is 17.0 Å². The van der Waals surface area contributed by atoms with Crippen LogP contribution >= 0.6 is 0 Å². The predicted molar refractivity (Wildman–Crippen MR) is 123 cm³/mol. The molecule has 0 atom stereocenters. The third kappa shape index (κ3) is 3.76. The molecule has 6 heteroatoms. The van der Waals surface area contributed by atoms with Gasteiger partial charge in [0.05, 0.1) is 17.1 Å². The fourth-order valence-electron chi connectivity index (χ4n) is 3.92. The van der Waals surface area contributed by atoms with Crippen molar-refractivity contribution in [2.24, 2.45) is 0 Å². The monoisotopic (exact) mass is 599 g/mol. The third-order valence-electron chi connectivity index (χ3n) is 5.34. The summed E-state index contributed by atoms with van der Waals surface area (Å²) in [5, 5.41) is 0. The topological polar surface area (TPSA) is 57.4 Å². The van der Waals surface area contributed by atoms with Crippen molar-refractivity contribution >= 4 is 45.6 Å². The summed E-state index contributed by atoms with van der Waals surface area (Å²) in [5.74, 6) is -0.345. The molecule has 3 aromatic heterocycles. The first-order valence-corrected chi connectivity index (χ1v) is 10.0. The van der Waals surface area contributed by atoms with Crippen LogP contribution in [0.1, 0.15) is 28.3 Å². The number of aromatic amines is 2. The Morgan fingerprint density at radius 3 is 1.88 bits per heavy atom. The maximum Gasteiger partial charge on any atom is 0.158 e. The molecule has 6 rings (SSSR count).